The van der Waals surface area contributed by atoms with Gasteiger partial charge in [-0.25, -0.2) is 4.98 Å². The highest BCUT2D eigenvalue weighted by Crippen LogP contribution is 2.29. The molecule has 0 aliphatic heterocycles. The summed E-state index contributed by atoms with van der Waals surface area (Å²) in [6, 6.07) is 3.56. The van der Waals surface area contributed by atoms with E-state index in [4.69, 9.17) is 0 Å². The Kier molecular flexibility index (Phi) is 5.63. The fourth-order valence-electron chi connectivity index (χ4n) is 2.90. The number of thiazole rings is 1. The maximum absolute atomic E-state index is 12.4. The summed E-state index contributed by atoms with van der Waals surface area (Å²) in [5.74, 6) is -0.256. The number of rotatable bonds is 5. The van der Waals surface area contributed by atoms with Crippen molar-refractivity contribution in [2.75, 3.05) is 5.32 Å². The molecule has 128 valence electrons. The molecular weight excluding hydrogens is 342 g/mol. The van der Waals surface area contributed by atoms with Gasteiger partial charge in [0.25, 0.3) is 0 Å². The van der Waals surface area contributed by atoms with Gasteiger partial charge in [-0.2, -0.15) is 0 Å². The van der Waals surface area contributed by atoms with Crippen LogP contribution in [0, 0.1) is 0 Å². The van der Waals surface area contributed by atoms with Crippen molar-refractivity contribution >= 4 is 39.6 Å². The van der Waals surface area contributed by atoms with Crippen LogP contribution in [0.25, 0.3) is 0 Å². The Morgan fingerprint density at radius 3 is 2.88 bits per heavy atom. The van der Waals surface area contributed by atoms with E-state index in [9.17, 15) is 9.59 Å². The molecule has 0 spiro atoms. The SMILES string of the molecule is CC(=O)NC(CC(=O)Nc1nc2c(s1)CCCCC2)c1cccs1. The average Bonchev–Trinajstić information content (AvgIpc) is 3.12. The average molecular weight is 364 g/mol. The topological polar surface area (TPSA) is 71.1 Å². The number of hydrogen-bond acceptors (Lipinski definition) is 5. The molecule has 3 rings (SSSR count). The molecule has 0 bridgehead atoms. The number of anilines is 1. The first kappa shape index (κ1) is 17.1. The first-order chi connectivity index (χ1) is 11.6. The van der Waals surface area contributed by atoms with E-state index in [2.05, 4.69) is 15.6 Å². The highest BCUT2D eigenvalue weighted by atomic mass is 32.1. The zero-order valence-corrected chi connectivity index (χ0v) is 15.3. The molecule has 2 aromatic heterocycles. The molecule has 0 saturated carbocycles. The van der Waals surface area contributed by atoms with Crippen LogP contribution in [0.15, 0.2) is 17.5 Å². The lowest BCUT2D eigenvalue weighted by Crippen LogP contribution is -2.29. The molecule has 1 aliphatic rings. The third-order valence-electron chi connectivity index (χ3n) is 4.00. The standard InChI is InChI=1S/C17H21N3O2S2/c1-11(21)18-13(14-8-5-9-23-14)10-16(22)20-17-19-12-6-3-2-4-7-15(12)24-17/h5,8-9,13H,2-4,6-7,10H2,1H3,(H,18,21)(H,19,20,22). The maximum Gasteiger partial charge on any atom is 0.228 e. The molecule has 1 aliphatic carbocycles. The van der Waals surface area contributed by atoms with Crippen LogP contribution in [-0.2, 0) is 22.4 Å². The van der Waals surface area contributed by atoms with Crippen LogP contribution < -0.4 is 10.6 Å². The predicted octanol–water partition coefficient (Wildman–Crippen LogP) is 3.68. The largest absolute Gasteiger partial charge is 0.348 e. The number of aryl methyl sites for hydroxylation is 2. The third-order valence-corrected chi connectivity index (χ3v) is 6.05. The van der Waals surface area contributed by atoms with Crippen LogP contribution in [0.5, 0.6) is 0 Å². The van der Waals surface area contributed by atoms with E-state index < -0.39 is 0 Å². The Hall–Kier alpha value is -1.73. The van der Waals surface area contributed by atoms with E-state index in [-0.39, 0.29) is 24.3 Å². The van der Waals surface area contributed by atoms with E-state index in [0.29, 0.717) is 5.13 Å². The molecule has 2 aromatic rings. The second-order valence-electron chi connectivity index (χ2n) is 5.97. The van der Waals surface area contributed by atoms with Gasteiger partial charge in [-0.1, -0.05) is 12.5 Å². The number of nitrogens with zero attached hydrogens (tertiary/aromatic N) is 1. The van der Waals surface area contributed by atoms with Crippen LogP contribution in [0.2, 0.25) is 0 Å². The van der Waals surface area contributed by atoms with Crippen molar-refractivity contribution in [2.45, 2.75) is 51.5 Å². The number of carbonyl (C=O) groups is 2. The smallest absolute Gasteiger partial charge is 0.228 e. The van der Waals surface area contributed by atoms with Crippen molar-refractivity contribution < 1.29 is 9.59 Å². The molecule has 0 fully saturated rings. The predicted molar refractivity (Wildman–Crippen MR) is 97.5 cm³/mol. The lowest BCUT2D eigenvalue weighted by molar-refractivity contribution is -0.120. The van der Waals surface area contributed by atoms with Gasteiger partial charge in [-0.3, -0.25) is 9.59 Å². The zero-order chi connectivity index (χ0) is 16.9. The molecule has 2 amide bonds. The molecule has 0 radical (unpaired) electrons. The second kappa shape index (κ2) is 7.90. The minimum atomic E-state index is -0.291. The van der Waals surface area contributed by atoms with Crippen LogP contribution >= 0.6 is 22.7 Å². The summed E-state index contributed by atoms with van der Waals surface area (Å²) in [4.78, 5) is 30.7. The Morgan fingerprint density at radius 1 is 1.29 bits per heavy atom. The van der Waals surface area contributed by atoms with E-state index in [0.717, 1.165) is 23.4 Å². The zero-order valence-electron chi connectivity index (χ0n) is 13.6. The van der Waals surface area contributed by atoms with Crippen LogP contribution in [0.3, 0.4) is 0 Å². The number of thiophene rings is 1. The molecule has 2 N–H and O–H groups in total. The Bertz CT molecular complexity index is 686. The van der Waals surface area contributed by atoms with Gasteiger partial charge in [0, 0.05) is 16.7 Å². The fourth-order valence-corrected chi connectivity index (χ4v) is 4.74. The lowest BCUT2D eigenvalue weighted by atomic mass is 10.1. The summed E-state index contributed by atoms with van der Waals surface area (Å²) in [5, 5.41) is 8.38. The summed E-state index contributed by atoms with van der Waals surface area (Å²) < 4.78 is 0. The normalized spacial score (nSPS) is 15.2. The summed E-state index contributed by atoms with van der Waals surface area (Å²) >= 11 is 3.13. The third kappa shape index (κ3) is 4.42. The molecule has 24 heavy (non-hydrogen) atoms. The van der Waals surface area contributed by atoms with Gasteiger partial charge in [-0.05, 0) is 37.1 Å². The molecule has 2 heterocycles. The van der Waals surface area contributed by atoms with E-state index in [1.54, 1.807) is 11.3 Å². The van der Waals surface area contributed by atoms with Crippen molar-refractivity contribution in [1.82, 2.24) is 10.3 Å². The molecule has 7 heteroatoms. The van der Waals surface area contributed by atoms with Gasteiger partial charge < -0.3 is 10.6 Å². The number of hydrogen-bond donors (Lipinski definition) is 2. The monoisotopic (exact) mass is 363 g/mol. The van der Waals surface area contributed by atoms with Crippen molar-refractivity contribution in [2.24, 2.45) is 0 Å². The van der Waals surface area contributed by atoms with E-state index in [1.165, 1.54) is 42.4 Å². The maximum atomic E-state index is 12.4. The summed E-state index contributed by atoms with van der Waals surface area (Å²) in [7, 11) is 0. The quantitative estimate of drug-likeness (QED) is 0.796. The molecule has 0 aromatic carbocycles. The van der Waals surface area contributed by atoms with E-state index >= 15 is 0 Å². The summed E-state index contributed by atoms with van der Waals surface area (Å²) in [6.45, 7) is 1.47. The number of aromatic nitrogens is 1. The number of fused-ring (bicyclic) bond motifs is 1. The summed E-state index contributed by atoms with van der Waals surface area (Å²) in [5.41, 5.74) is 1.14. The first-order valence-electron chi connectivity index (χ1n) is 8.21. The number of amides is 2. The van der Waals surface area contributed by atoms with Gasteiger partial charge in [0.15, 0.2) is 5.13 Å². The van der Waals surface area contributed by atoms with Crippen molar-refractivity contribution in [3.05, 3.63) is 33.0 Å². The van der Waals surface area contributed by atoms with Crippen LogP contribution in [0.1, 0.15) is 54.1 Å². The van der Waals surface area contributed by atoms with Gasteiger partial charge in [0.2, 0.25) is 11.8 Å². The second-order valence-corrected chi connectivity index (χ2v) is 8.03. The first-order valence-corrected chi connectivity index (χ1v) is 9.90. The molecule has 0 saturated heterocycles. The Labute approximate surface area is 149 Å². The van der Waals surface area contributed by atoms with Crippen LogP contribution in [-0.4, -0.2) is 16.8 Å². The highest BCUT2D eigenvalue weighted by molar-refractivity contribution is 7.15. The van der Waals surface area contributed by atoms with Crippen molar-refractivity contribution in [1.29, 1.82) is 0 Å². The van der Waals surface area contributed by atoms with Crippen molar-refractivity contribution in [3.8, 4) is 0 Å². The van der Waals surface area contributed by atoms with Crippen LogP contribution in [0.4, 0.5) is 5.13 Å². The molecule has 1 atom stereocenters. The minimum absolute atomic E-state index is 0.119. The summed E-state index contributed by atoms with van der Waals surface area (Å²) in [6.07, 6.45) is 5.91. The minimum Gasteiger partial charge on any atom is -0.348 e. The number of nitrogens with one attached hydrogen (secondary N) is 2. The Balaban J connectivity index is 1.64. The van der Waals surface area contributed by atoms with Gasteiger partial charge in [0.1, 0.15) is 0 Å². The van der Waals surface area contributed by atoms with Crippen molar-refractivity contribution in [3.63, 3.8) is 0 Å². The number of carbonyl (C=O) groups excluding carboxylic acids is 2. The molecular formula is C17H21N3O2S2. The molecule has 1 unspecified atom stereocenters. The van der Waals surface area contributed by atoms with Gasteiger partial charge >= 0.3 is 0 Å². The highest BCUT2D eigenvalue weighted by Gasteiger charge is 2.20. The fraction of sp³-hybridized carbons (Fsp3) is 0.471. The Morgan fingerprint density at radius 2 is 2.12 bits per heavy atom. The van der Waals surface area contributed by atoms with Gasteiger partial charge in [0.05, 0.1) is 18.2 Å². The van der Waals surface area contributed by atoms with E-state index in [1.807, 2.05) is 17.5 Å². The molecule has 5 nitrogen and oxygen atoms in total. The lowest BCUT2D eigenvalue weighted by Gasteiger charge is -2.15. The van der Waals surface area contributed by atoms with Gasteiger partial charge in [-0.15, -0.1) is 22.7 Å².